The molecule has 0 radical (unpaired) electrons. The van der Waals surface area contributed by atoms with Crippen LogP contribution in [0.3, 0.4) is 0 Å². The Morgan fingerprint density at radius 1 is 1.39 bits per heavy atom. The van der Waals surface area contributed by atoms with Crippen molar-refractivity contribution in [3.05, 3.63) is 35.9 Å². The van der Waals surface area contributed by atoms with Gasteiger partial charge < -0.3 is 14.9 Å². The van der Waals surface area contributed by atoms with Crippen LogP contribution in [-0.4, -0.2) is 54.5 Å². The molecule has 0 heterocycles. The summed E-state index contributed by atoms with van der Waals surface area (Å²) in [7, 11) is 3.17. The van der Waals surface area contributed by atoms with E-state index in [0.717, 1.165) is 0 Å². The summed E-state index contributed by atoms with van der Waals surface area (Å²) >= 11 is 0. The van der Waals surface area contributed by atoms with Gasteiger partial charge in [-0.25, -0.2) is 0 Å². The molecule has 18 heavy (non-hydrogen) atoms. The number of nitrogens with zero attached hydrogens (tertiary/aromatic N) is 1. The van der Waals surface area contributed by atoms with Crippen LogP contribution in [-0.2, 0) is 9.53 Å². The number of hydrogen-bond acceptors (Lipinski definition) is 4. The molecule has 1 rings (SSSR count). The van der Waals surface area contributed by atoms with Crippen molar-refractivity contribution in [3.8, 4) is 0 Å². The molecule has 2 atom stereocenters. The summed E-state index contributed by atoms with van der Waals surface area (Å²) in [6.45, 7) is 0.422. The molecule has 1 aromatic carbocycles. The van der Waals surface area contributed by atoms with Crippen molar-refractivity contribution in [2.45, 2.75) is 12.1 Å². The molecule has 0 aliphatic rings. The van der Waals surface area contributed by atoms with E-state index in [9.17, 15) is 15.0 Å². The van der Waals surface area contributed by atoms with Crippen LogP contribution in [0.4, 0.5) is 0 Å². The Morgan fingerprint density at radius 3 is 2.50 bits per heavy atom. The first-order valence-electron chi connectivity index (χ1n) is 5.71. The maximum Gasteiger partial charge on any atom is 0.325 e. The largest absolute Gasteiger partial charge is 0.480 e. The minimum Gasteiger partial charge on any atom is -0.480 e. The van der Waals surface area contributed by atoms with Gasteiger partial charge in [0.1, 0.15) is 6.04 Å². The van der Waals surface area contributed by atoms with E-state index < -0.39 is 18.1 Å². The van der Waals surface area contributed by atoms with Gasteiger partial charge in [0.15, 0.2) is 0 Å². The van der Waals surface area contributed by atoms with Crippen LogP contribution in [0, 0.1) is 0 Å². The molecule has 0 saturated carbocycles. The van der Waals surface area contributed by atoms with Crippen molar-refractivity contribution >= 4 is 5.97 Å². The molecule has 100 valence electrons. The van der Waals surface area contributed by atoms with E-state index in [1.807, 2.05) is 6.07 Å². The van der Waals surface area contributed by atoms with Gasteiger partial charge in [-0.05, 0) is 12.6 Å². The SMILES string of the molecule is COCC(O)CN(C)C(C(=O)O)c1ccccc1. The number of carboxylic acid groups (broad SMARTS) is 1. The second kappa shape index (κ2) is 7.10. The molecule has 0 spiro atoms. The number of hydrogen-bond donors (Lipinski definition) is 2. The van der Waals surface area contributed by atoms with Crippen molar-refractivity contribution in [2.75, 3.05) is 27.3 Å². The molecule has 0 aliphatic heterocycles. The number of aliphatic carboxylic acids is 1. The fraction of sp³-hybridized carbons (Fsp3) is 0.462. The van der Waals surface area contributed by atoms with Crippen molar-refractivity contribution in [2.24, 2.45) is 0 Å². The number of rotatable bonds is 7. The number of carboxylic acids is 1. The first kappa shape index (κ1) is 14.6. The van der Waals surface area contributed by atoms with Crippen molar-refractivity contribution in [1.82, 2.24) is 4.90 Å². The van der Waals surface area contributed by atoms with Gasteiger partial charge in [0.05, 0.1) is 12.7 Å². The van der Waals surface area contributed by atoms with E-state index in [1.54, 1.807) is 36.2 Å². The molecule has 0 aliphatic carbocycles. The standard InChI is InChI=1S/C13H19NO4/c1-14(8-11(15)9-18-2)12(13(16)17)10-6-4-3-5-7-10/h3-7,11-12,15H,8-9H2,1-2H3,(H,16,17). The van der Waals surface area contributed by atoms with E-state index in [-0.39, 0.29) is 13.2 Å². The fourth-order valence-electron chi connectivity index (χ4n) is 1.90. The third-order valence-electron chi connectivity index (χ3n) is 2.65. The lowest BCUT2D eigenvalue weighted by Gasteiger charge is -2.26. The highest BCUT2D eigenvalue weighted by atomic mass is 16.5. The van der Waals surface area contributed by atoms with Crippen LogP contribution >= 0.6 is 0 Å². The van der Waals surface area contributed by atoms with E-state index in [4.69, 9.17) is 4.74 Å². The van der Waals surface area contributed by atoms with Gasteiger partial charge in [0.2, 0.25) is 0 Å². The highest BCUT2D eigenvalue weighted by molar-refractivity contribution is 5.75. The predicted molar refractivity (Wildman–Crippen MR) is 67.3 cm³/mol. The molecule has 5 nitrogen and oxygen atoms in total. The van der Waals surface area contributed by atoms with Crippen LogP contribution < -0.4 is 0 Å². The maximum absolute atomic E-state index is 11.3. The van der Waals surface area contributed by atoms with Gasteiger partial charge in [-0.3, -0.25) is 9.69 Å². The smallest absolute Gasteiger partial charge is 0.325 e. The summed E-state index contributed by atoms with van der Waals surface area (Å²) in [4.78, 5) is 12.9. The topological polar surface area (TPSA) is 70.0 Å². The average molecular weight is 253 g/mol. The highest BCUT2D eigenvalue weighted by Crippen LogP contribution is 2.19. The average Bonchev–Trinajstić information content (AvgIpc) is 2.30. The quantitative estimate of drug-likeness (QED) is 0.750. The third kappa shape index (κ3) is 4.10. The van der Waals surface area contributed by atoms with Gasteiger partial charge in [-0.1, -0.05) is 30.3 Å². The third-order valence-corrected chi connectivity index (χ3v) is 2.65. The molecule has 0 aromatic heterocycles. The number of aliphatic hydroxyl groups is 1. The molecule has 5 heteroatoms. The van der Waals surface area contributed by atoms with E-state index in [2.05, 4.69) is 0 Å². The Balaban J connectivity index is 2.77. The molecule has 1 aromatic rings. The monoisotopic (exact) mass is 253 g/mol. The molecular weight excluding hydrogens is 234 g/mol. The minimum atomic E-state index is -0.937. The van der Waals surface area contributed by atoms with Gasteiger partial charge in [0.25, 0.3) is 0 Å². The zero-order valence-electron chi connectivity index (χ0n) is 10.6. The Labute approximate surface area is 107 Å². The van der Waals surface area contributed by atoms with Crippen LogP contribution in [0.5, 0.6) is 0 Å². The second-order valence-electron chi connectivity index (χ2n) is 4.20. The van der Waals surface area contributed by atoms with E-state index in [1.165, 1.54) is 7.11 Å². The van der Waals surface area contributed by atoms with Crippen LogP contribution in [0.1, 0.15) is 11.6 Å². The van der Waals surface area contributed by atoms with E-state index >= 15 is 0 Å². The number of benzene rings is 1. The lowest BCUT2D eigenvalue weighted by Crippen LogP contribution is -2.38. The van der Waals surface area contributed by atoms with Crippen molar-refractivity contribution < 1.29 is 19.7 Å². The summed E-state index contributed by atoms with van der Waals surface area (Å²) in [5.74, 6) is -0.937. The van der Waals surface area contributed by atoms with Crippen LogP contribution in [0.25, 0.3) is 0 Å². The molecule has 2 unspecified atom stereocenters. The number of ether oxygens (including phenoxy) is 1. The molecule has 0 amide bonds. The molecular formula is C13H19NO4. The summed E-state index contributed by atoms with van der Waals surface area (Å²) < 4.78 is 4.83. The number of carbonyl (C=O) groups is 1. The Hall–Kier alpha value is -1.43. The van der Waals surface area contributed by atoms with E-state index in [0.29, 0.717) is 5.56 Å². The number of aliphatic hydroxyl groups excluding tert-OH is 1. The van der Waals surface area contributed by atoms with Gasteiger partial charge in [-0.15, -0.1) is 0 Å². The summed E-state index contributed by atoms with van der Waals surface area (Å²) in [6.07, 6.45) is -0.703. The van der Waals surface area contributed by atoms with Crippen LogP contribution in [0.2, 0.25) is 0 Å². The van der Waals surface area contributed by atoms with Gasteiger partial charge >= 0.3 is 5.97 Å². The Morgan fingerprint density at radius 2 is 2.00 bits per heavy atom. The highest BCUT2D eigenvalue weighted by Gasteiger charge is 2.25. The zero-order chi connectivity index (χ0) is 13.5. The maximum atomic E-state index is 11.3. The first-order chi connectivity index (χ1) is 8.56. The normalized spacial score (nSPS) is 14.4. The number of methoxy groups -OCH3 is 1. The molecule has 0 fully saturated rings. The summed E-state index contributed by atoms with van der Waals surface area (Å²) in [5, 5.41) is 18.9. The lowest BCUT2D eigenvalue weighted by molar-refractivity contribution is -0.143. The second-order valence-corrected chi connectivity index (χ2v) is 4.20. The van der Waals surface area contributed by atoms with Gasteiger partial charge in [-0.2, -0.15) is 0 Å². The minimum absolute atomic E-state index is 0.186. The lowest BCUT2D eigenvalue weighted by atomic mass is 10.1. The van der Waals surface area contributed by atoms with Gasteiger partial charge in [0, 0.05) is 13.7 Å². The Kier molecular flexibility index (Phi) is 5.77. The first-order valence-corrected chi connectivity index (χ1v) is 5.71. The fourth-order valence-corrected chi connectivity index (χ4v) is 1.90. The summed E-state index contributed by atoms with van der Waals surface area (Å²) in [6, 6.07) is 8.19. The summed E-state index contributed by atoms with van der Waals surface area (Å²) in [5.41, 5.74) is 0.692. The Bertz CT molecular complexity index is 369. The number of likely N-dealkylation sites (N-methyl/N-ethyl adjacent to an activating group) is 1. The van der Waals surface area contributed by atoms with Crippen molar-refractivity contribution in [1.29, 1.82) is 0 Å². The zero-order valence-corrected chi connectivity index (χ0v) is 10.6. The van der Waals surface area contributed by atoms with Crippen LogP contribution in [0.15, 0.2) is 30.3 Å². The molecule has 2 N–H and O–H groups in total. The molecule has 0 saturated heterocycles. The molecule has 0 bridgehead atoms. The predicted octanol–water partition coefficient (Wildman–Crippen LogP) is 0.751. The van der Waals surface area contributed by atoms with Crippen molar-refractivity contribution in [3.63, 3.8) is 0 Å².